The molecule has 0 atom stereocenters. The van der Waals surface area contributed by atoms with Gasteiger partial charge in [-0.15, -0.1) is 0 Å². The number of aliphatic hydroxyl groups excluding tert-OH is 1. The first-order valence-corrected chi connectivity index (χ1v) is 12.2. The number of carbonyl (C=O) groups is 1. The zero-order chi connectivity index (χ0) is 22.5. The van der Waals surface area contributed by atoms with Gasteiger partial charge in [0, 0.05) is 12.3 Å². The number of aromatic carboxylic acids is 1. The zero-order valence-electron chi connectivity index (χ0n) is 19.6. The summed E-state index contributed by atoms with van der Waals surface area (Å²) in [6.45, 7) is 4.48. The molecule has 0 fully saturated rings. The van der Waals surface area contributed by atoms with Gasteiger partial charge in [-0.2, -0.15) is 0 Å². The number of anilines is 1. The van der Waals surface area contributed by atoms with Crippen LogP contribution in [0.25, 0.3) is 0 Å². The number of rotatable bonds is 17. The van der Waals surface area contributed by atoms with Crippen LogP contribution in [0.3, 0.4) is 0 Å². The number of benzene rings is 1. The van der Waals surface area contributed by atoms with E-state index in [4.69, 9.17) is 15.9 Å². The number of unbranched alkanes of at least 4 members (excludes halogenated alkanes) is 15. The molecule has 0 aromatic heterocycles. The van der Waals surface area contributed by atoms with Crippen molar-refractivity contribution in [1.82, 2.24) is 0 Å². The normalized spacial score (nSPS) is 10.5. The number of hydrogen-bond donors (Lipinski definition) is 3. The van der Waals surface area contributed by atoms with E-state index in [1.54, 1.807) is 18.2 Å². The maximum Gasteiger partial charge on any atom is 0.337 e. The van der Waals surface area contributed by atoms with Crippen molar-refractivity contribution in [2.45, 2.75) is 117 Å². The number of carboxylic acid groups (broad SMARTS) is 1. The van der Waals surface area contributed by atoms with E-state index in [0.717, 1.165) is 12.0 Å². The Hall–Kier alpha value is -1.55. The monoisotopic (exact) mass is 421 g/mol. The molecule has 0 radical (unpaired) electrons. The largest absolute Gasteiger partial charge is 0.478 e. The molecule has 0 aliphatic heterocycles. The highest BCUT2D eigenvalue weighted by Gasteiger charge is 2.06. The fourth-order valence-electron chi connectivity index (χ4n) is 3.52. The molecule has 0 aliphatic carbocycles. The molecule has 0 amide bonds. The van der Waals surface area contributed by atoms with E-state index < -0.39 is 5.97 Å². The Balaban J connectivity index is 0.000000642. The smallest absolute Gasteiger partial charge is 0.337 e. The van der Waals surface area contributed by atoms with Crippen LogP contribution < -0.4 is 5.73 Å². The highest BCUT2D eigenvalue weighted by Crippen LogP contribution is 2.14. The summed E-state index contributed by atoms with van der Waals surface area (Å²) in [6, 6.07) is 4.93. The molecule has 1 aromatic carbocycles. The molecule has 0 saturated carbocycles. The molecule has 4 nitrogen and oxygen atoms in total. The quantitative estimate of drug-likeness (QED) is 0.179. The molecule has 1 aromatic rings. The topological polar surface area (TPSA) is 83.5 Å². The van der Waals surface area contributed by atoms with E-state index in [1.165, 1.54) is 96.3 Å². The van der Waals surface area contributed by atoms with Gasteiger partial charge in [-0.25, -0.2) is 4.79 Å². The molecule has 30 heavy (non-hydrogen) atoms. The average Bonchev–Trinajstić information content (AvgIpc) is 2.73. The van der Waals surface area contributed by atoms with Crippen molar-refractivity contribution in [3.63, 3.8) is 0 Å². The lowest BCUT2D eigenvalue weighted by Crippen LogP contribution is -2.02. The van der Waals surface area contributed by atoms with Gasteiger partial charge in [-0.3, -0.25) is 0 Å². The van der Waals surface area contributed by atoms with Gasteiger partial charge in [0.2, 0.25) is 0 Å². The maximum atomic E-state index is 10.5. The summed E-state index contributed by atoms with van der Waals surface area (Å²) in [4.78, 5) is 10.5. The Labute approximate surface area is 185 Å². The summed E-state index contributed by atoms with van der Waals surface area (Å²) in [7, 11) is 0. The SMILES string of the molecule is CCCCCCCCCCCCCCCCCCO.Cc1ccc(N)c(C(=O)O)c1. The third kappa shape index (κ3) is 17.3. The number of nitrogens with two attached hydrogens (primary N) is 1. The Morgan fingerprint density at radius 2 is 1.17 bits per heavy atom. The van der Waals surface area contributed by atoms with Crippen molar-refractivity contribution in [2.75, 3.05) is 12.3 Å². The van der Waals surface area contributed by atoms with Crippen LogP contribution in [0.5, 0.6) is 0 Å². The summed E-state index contributed by atoms with van der Waals surface area (Å²) < 4.78 is 0. The summed E-state index contributed by atoms with van der Waals surface area (Å²) in [5.41, 5.74) is 6.79. The minimum absolute atomic E-state index is 0.171. The Morgan fingerprint density at radius 3 is 1.50 bits per heavy atom. The molecule has 0 spiro atoms. The fourth-order valence-corrected chi connectivity index (χ4v) is 3.52. The molecule has 0 saturated heterocycles. The van der Waals surface area contributed by atoms with Gasteiger partial charge in [0.05, 0.1) is 5.56 Å². The van der Waals surface area contributed by atoms with E-state index in [1.807, 2.05) is 6.92 Å². The van der Waals surface area contributed by atoms with E-state index in [9.17, 15) is 4.79 Å². The second-order valence-corrected chi connectivity index (χ2v) is 8.42. The van der Waals surface area contributed by atoms with Crippen molar-refractivity contribution < 1.29 is 15.0 Å². The van der Waals surface area contributed by atoms with Crippen molar-refractivity contribution in [3.05, 3.63) is 29.3 Å². The summed E-state index contributed by atoms with van der Waals surface area (Å²) in [5.74, 6) is -0.980. The number of carboxylic acids is 1. The lowest BCUT2D eigenvalue weighted by Gasteiger charge is -2.03. The summed E-state index contributed by atoms with van der Waals surface area (Å²) >= 11 is 0. The first-order valence-electron chi connectivity index (χ1n) is 12.2. The molecule has 174 valence electrons. The second kappa shape index (κ2) is 20.7. The molecule has 4 N–H and O–H groups in total. The predicted molar refractivity (Wildman–Crippen MR) is 129 cm³/mol. The minimum atomic E-state index is -0.980. The standard InChI is InChI=1S/C18H38O.C8H9NO2/c1-2-3-4-5-6-7-8-9-10-11-12-13-14-15-16-17-18-19;1-5-2-3-7(9)6(4-5)8(10)11/h19H,2-18H2,1H3;2-4H,9H2,1H3,(H,10,11). The van der Waals surface area contributed by atoms with Crippen LogP contribution in [-0.2, 0) is 0 Å². The van der Waals surface area contributed by atoms with Crippen molar-refractivity contribution in [2.24, 2.45) is 0 Å². The van der Waals surface area contributed by atoms with Crippen LogP contribution in [0.2, 0.25) is 0 Å². The van der Waals surface area contributed by atoms with E-state index in [0.29, 0.717) is 12.3 Å². The van der Waals surface area contributed by atoms with E-state index >= 15 is 0 Å². The fraction of sp³-hybridized carbons (Fsp3) is 0.731. The molecule has 0 bridgehead atoms. The Bertz CT molecular complexity index is 515. The van der Waals surface area contributed by atoms with Gasteiger partial charge in [0.15, 0.2) is 0 Å². The second-order valence-electron chi connectivity index (χ2n) is 8.42. The van der Waals surface area contributed by atoms with Gasteiger partial charge < -0.3 is 15.9 Å². The van der Waals surface area contributed by atoms with Crippen molar-refractivity contribution in [3.8, 4) is 0 Å². The van der Waals surface area contributed by atoms with Crippen LogP contribution in [0, 0.1) is 6.92 Å². The lowest BCUT2D eigenvalue weighted by atomic mass is 10.0. The number of aliphatic hydroxyl groups is 1. The molecule has 4 heteroatoms. The number of hydrogen-bond acceptors (Lipinski definition) is 3. The van der Waals surface area contributed by atoms with E-state index in [2.05, 4.69) is 6.92 Å². The van der Waals surface area contributed by atoms with E-state index in [-0.39, 0.29) is 5.56 Å². The first kappa shape index (κ1) is 28.5. The molecular weight excluding hydrogens is 374 g/mol. The van der Waals surface area contributed by atoms with Gasteiger partial charge in [-0.05, 0) is 25.5 Å². The lowest BCUT2D eigenvalue weighted by molar-refractivity contribution is 0.0698. The highest BCUT2D eigenvalue weighted by molar-refractivity contribution is 5.93. The van der Waals surface area contributed by atoms with Gasteiger partial charge in [0.25, 0.3) is 0 Å². The number of aryl methyl sites for hydroxylation is 1. The van der Waals surface area contributed by atoms with Gasteiger partial charge in [0.1, 0.15) is 0 Å². The Morgan fingerprint density at radius 1 is 0.767 bits per heavy atom. The molecular formula is C26H47NO3. The van der Waals surface area contributed by atoms with Gasteiger partial charge >= 0.3 is 5.97 Å². The first-order chi connectivity index (χ1) is 14.5. The summed E-state index contributed by atoms with van der Waals surface area (Å²) in [6.07, 6.45) is 22.2. The molecule has 0 aliphatic rings. The van der Waals surface area contributed by atoms with Crippen LogP contribution in [0.15, 0.2) is 18.2 Å². The summed E-state index contributed by atoms with van der Waals surface area (Å²) in [5, 5.41) is 17.3. The third-order valence-corrected chi connectivity index (χ3v) is 5.45. The minimum Gasteiger partial charge on any atom is -0.478 e. The highest BCUT2D eigenvalue weighted by atomic mass is 16.4. The van der Waals surface area contributed by atoms with Crippen molar-refractivity contribution >= 4 is 11.7 Å². The maximum absolute atomic E-state index is 10.5. The van der Waals surface area contributed by atoms with Crippen LogP contribution in [-0.4, -0.2) is 22.8 Å². The van der Waals surface area contributed by atoms with Crippen LogP contribution in [0.4, 0.5) is 5.69 Å². The molecule has 1 rings (SSSR count). The van der Waals surface area contributed by atoms with Crippen molar-refractivity contribution in [1.29, 1.82) is 0 Å². The predicted octanol–water partition coefficient (Wildman–Crippen LogP) is 7.52. The zero-order valence-corrected chi connectivity index (χ0v) is 19.6. The van der Waals surface area contributed by atoms with Crippen LogP contribution >= 0.6 is 0 Å². The van der Waals surface area contributed by atoms with Crippen LogP contribution in [0.1, 0.15) is 126 Å². The average molecular weight is 422 g/mol. The number of nitrogen functional groups attached to an aromatic ring is 1. The molecule has 0 unspecified atom stereocenters. The third-order valence-electron chi connectivity index (χ3n) is 5.45. The molecule has 0 heterocycles. The van der Waals surface area contributed by atoms with Gasteiger partial charge in [-0.1, -0.05) is 115 Å². The Kier molecular flexibility index (Phi) is 19.6.